The van der Waals surface area contributed by atoms with Crippen LogP contribution in [0.25, 0.3) is 16.6 Å². The molecule has 4 rings (SSSR count). The van der Waals surface area contributed by atoms with Gasteiger partial charge in [-0.05, 0) is 40.0 Å². The standard InChI is InChI=1S/C18H22N4O3/c1-11-5-4-6-12(2)21(11)17(23)10-20-18(24)15-9-16-14(7-8-25-16)22(15)13(3)19-20/h7-9,11-12H,4-6,10H2,1-3H3/t11-,12-/m1/s1. The van der Waals surface area contributed by atoms with Gasteiger partial charge in [-0.25, -0.2) is 4.68 Å². The molecule has 0 unspecified atom stereocenters. The van der Waals surface area contributed by atoms with E-state index in [-0.39, 0.29) is 30.1 Å². The molecular weight excluding hydrogens is 320 g/mol. The first-order valence-electron chi connectivity index (χ1n) is 8.75. The normalized spacial score (nSPS) is 21.3. The van der Waals surface area contributed by atoms with Gasteiger partial charge in [-0.15, -0.1) is 0 Å². The van der Waals surface area contributed by atoms with Crippen molar-refractivity contribution in [3.63, 3.8) is 0 Å². The molecule has 1 aliphatic heterocycles. The van der Waals surface area contributed by atoms with Crippen LogP contribution < -0.4 is 5.56 Å². The molecule has 1 fully saturated rings. The molecule has 0 saturated carbocycles. The molecular formula is C18H22N4O3. The smallest absolute Gasteiger partial charge is 0.291 e. The molecule has 0 spiro atoms. The zero-order valence-electron chi connectivity index (χ0n) is 14.7. The third-order valence-electron chi connectivity index (χ3n) is 5.23. The number of amides is 1. The maximum Gasteiger partial charge on any atom is 0.291 e. The number of carbonyl (C=O) groups excluding carboxylic acids is 1. The second kappa shape index (κ2) is 5.75. The van der Waals surface area contributed by atoms with Crippen LogP contribution in [0.3, 0.4) is 0 Å². The number of aryl methyl sites for hydroxylation is 1. The number of likely N-dealkylation sites (tertiary alicyclic amines) is 1. The summed E-state index contributed by atoms with van der Waals surface area (Å²) in [5, 5.41) is 4.37. The van der Waals surface area contributed by atoms with Crippen LogP contribution >= 0.6 is 0 Å². The van der Waals surface area contributed by atoms with Gasteiger partial charge in [0.1, 0.15) is 17.9 Å². The van der Waals surface area contributed by atoms with Crippen molar-refractivity contribution in [1.29, 1.82) is 0 Å². The van der Waals surface area contributed by atoms with Gasteiger partial charge in [-0.3, -0.25) is 14.0 Å². The molecule has 0 aromatic carbocycles. The Hall–Kier alpha value is -2.57. The topological polar surface area (TPSA) is 72.8 Å². The number of rotatable bonds is 2. The molecule has 7 nitrogen and oxygen atoms in total. The number of nitrogens with zero attached hydrogens (tertiary/aromatic N) is 4. The van der Waals surface area contributed by atoms with Gasteiger partial charge in [0, 0.05) is 24.2 Å². The quantitative estimate of drug-likeness (QED) is 0.716. The SMILES string of the molecule is Cc1nn(CC(=O)N2[C@H](C)CCC[C@H]2C)c(=O)c2cc3occc3n12. The molecule has 4 heterocycles. The Balaban J connectivity index is 1.73. The highest BCUT2D eigenvalue weighted by Gasteiger charge is 2.29. The number of hydrogen-bond donors (Lipinski definition) is 0. The average molecular weight is 342 g/mol. The zero-order chi connectivity index (χ0) is 17.7. The molecule has 25 heavy (non-hydrogen) atoms. The highest BCUT2D eigenvalue weighted by Crippen LogP contribution is 2.23. The number of furan rings is 1. The first-order valence-corrected chi connectivity index (χ1v) is 8.75. The van der Waals surface area contributed by atoms with E-state index in [1.807, 2.05) is 17.9 Å². The van der Waals surface area contributed by atoms with Gasteiger partial charge in [-0.1, -0.05) is 0 Å². The van der Waals surface area contributed by atoms with Crippen molar-refractivity contribution < 1.29 is 9.21 Å². The third-order valence-corrected chi connectivity index (χ3v) is 5.23. The summed E-state index contributed by atoms with van der Waals surface area (Å²) in [7, 11) is 0. The van der Waals surface area contributed by atoms with E-state index in [1.165, 1.54) is 4.68 Å². The second-order valence-corrected chi connectivity index (χ2v) is 6.98. The van der Waals surface area contributed by atoms with Crippen molar-refractivity contribution in [2.24, 2.45) is 0 Å². The molecule has 0 N–H and O–H groups in total. The van der Waals surface area contributed by atoms with E-state index < -0.39 is 0 Å². The average Bonchev–Trinajstić information content (AvgIpc) is 3.12. The van der Waals surface area contributed by atoms with E-state index in [1.54, 1.807) is 16.7 Å². The van der Waals surface area contributed by atoms with Gasteiger partial charge in [0.25, 0.3) is 5.56 Å². The molecule has 0 radical (unpaired) electrons. The highest BCUT2D eigenvalue weighted by atomic mass is 16.3. The molecule has 0 aliphatic carbocycles. The van der Waals surface area contributed by atoms with Crippen molar-refractivity contribution in [2.75, 3.05) is 0 Å². The van der Waals surface area contributed by atoms with E-state index in [4.69, 9.17) is 4.42 Å². The van der Waals surface area contributed by atoms with Crippen molar-refractivity contribution in [3.05, 3.63) is 34.6 Å². The Kier molecular flexibility index (Phi) is 3.67. The minimum atomic E-state index is -0.275. The lowest BCUT2D eigenvalue weighted by atomic mass is 9.97. The number of fused-ring (bicyclic) bond motifs is 3. The Morgan fingerprint density at radius 1 is 1.28 bits per heavy atom. The van der Waals surface area contributed by atoms with Gasteiger partial charge >= 0.3 is 0 Å². The van der Waals surface area contributed by atoms with E-state index in [0.717, 1.165) is 24.8 Å². The monoisotopic (exact) mass is 342 g/mol. The number of hydrogen-bond acceptors (Lipinski definition) is 4. The predicted molar refractivity (Wildman–Crippen MR) is 93.6 cm³/mol. The maximum atomic E-state index is 12.8. The summed E-state index contributed by atoms with van der Waals surface area (Å²) in [6, 6.07) is 3.92. The summed E-state index contributed by atoms with van der Waals surface area (Å²) in [4.78, 5) is 27.5. The lowest BCUT2D eigenvalue weighted by Gasteiger charge is -2.39. The number of aromatic nitrogens is 3. The molecule has 1 amide bonds. The molecule has 7 heteroatoms. The van der Waals surface area contributed by atoms with Gasteiger partial charge in [0.05, 0.1) is 11.8 Å². The molecule has 1 saturated heterocycles. The second-order valence-electron chi connectivity index (χ2n) is 6.98. The van der Waals surface area contributed by atoms with Crippen molar-refractivity contribution in [3.8, 4) is 0 Å². The number of carbonyl (C=O) groups is 1. The third kappa shape index (κ3) is 2.45. The van der Waals surface area contributed by atoms with Crippen molar-refractivity contribution in [1.82, 2.24) is 19.1 Å². The lowest BCUT2D eigenvalue weighted by Crippen LogP contribution is -2.49. The summed E-state index contributed by atoms with van der Waals surface area (Å²) < 4.78 is 8.44. The summed E-state index contributed by atoms with van der Waals surface area (Å²) in [6.07, 6.45) is 4.74. The Morgan fingerprint density at radius 3 is 2.72 bits per heavy atom. The van der Waals surface area contributed by atoms with Crippen LogP contribution in [-0.2, 0) is 11.3 Å². The summed E-state index contributed by atoms with van der Waals surface area (Å²) in [5.74, 6) is 0.604. The summed E-state index contributed by atoms with van der Waals surface area (Å²) in [5.41, 5.74) is 1.66. The van der Waals surface area contributed by atoms with Gasteiger partial charge in [-0.2, -0.15) is 5.10 Å². The first kappa shape index (κ1) is 15.9. The van der Waals surface area contributed by atoms with Crippen LogP contribution in [0.1, 0.15) is 38.9 Å². The Bertz CT molecular complexity index is 1000. The van der Waals surface area contributed by atoms with E-state index in [0.29, 0.717) is 16.9 Å². The molecule has 0 bridgehead atoms. The van der Waals surface area contributed by atoms with Crippen LogP contribution in [0.15, 0.2) is 27.6 Å². The van der Waals surface area contributed by atoms with Crippen LogP contribution in [0.4, 0.5) is 0 Å². The van der Waals surface area contributed by atoms with Crippen LogP contribution in [0, 0.1) is 6.92 Å². The molecule has 1 aliphatic rings. The summed E-state index contributed by atoms with van der Waals surface area (Å²) in [6.45, 7) is 5.93. The maximum absolute atomic E-state index is 12.8. The Morgan fingerprint density at radius 2 is 2.00 bits per heavy atom. The minimum Gasteiger partial charge on any atom is -0.463 e. The van der Waals surface area contributed by atoms with E-state index in [9.17, 15) is 9.59 Å². The zero-order valence-corrected chi connectivity index (χ0v) is 14.7. The molecule has 3 aromatic heterocycles. The highest BCUT2D eigenvalue weighted by molar-refractivity contribution is 5.82. The summed E-state index contributed by atoms with van der Waals surface area (Å²) >= 11 is 0. The van der Waals surface area contributed by atoms with Crippen LogP contribution in [0.2, 0.25) is 0 Å². The molecule has 132 valence electrons. The first-order chi connectivity index (χ1) is 12.0. The fourth-order valence-corrected chi connectivity index (χ4v) is 4.06. The lowest BCUT2D eigenvalue weighted by molar-refractivity contribution is -0.138. The van der Waals surface area contributed by atoms with Crippen LogP contribution in [0.5, 0.6) is 0 Å². The largest absolute Gasteiger partial charge is 0.463 e. The fraction of sp³-hybridized carbons (Fsp3) is 0.500. The van der Waals surface area contributed by atoms with Crippen molar-refractivity contribution >= 4 is 22.5 Å². The Labute approximate surface area is 144 Å². The fourth-order valence-electron chi connectivity index (χ4n) is 4.06. The molecule has 3 aromatic rings. The molecule has 2 atom stereocenters. The number of piperidine rings is 1. The van der Waals surface area contributed by atoms with Crippen molar-refractivity contribution in [2.45, 2.75) is 58.7 Å². The van der Waals surface area contributed by atoms with Gasteiger partial charge in [0.15, 0.2) is 5.58 Å². The van der Waals surface area contributed by atoms with E-state index in [2.05, 4.69) is 18.9 Å². The predicted octanol–water partition coefficient (Wildman–Crippen LogP) is 2.34. The van der Waals surface area contributed by atoms with Gasteiger partial charge in [0.2, 0.25) is 5.91 Å². The minimum absolute atomic E-state index is 0.0304. The van der Waals surface area contributed by atoms with Gasteiger partial charge < -0.3 is 9.32 Å². The van der Waals surface area contributed by atoms with E-state index >= 15 is 0 Å². The van der Waals surface area contributed by atoms with Crippen LogP contribution in [-0.4, -0.2) is 37.1 Å².